The second kappa shape index (κ2) is 9.58. The van der Waals surface area contributed by atoms with E-state index < -0.39 is 18.1 Å². The Morgan fingerprint density at radius 1 is 1.25 bits per heavy atom. The molecule has 0 saturated carbocycles. The van der Waals surface area contributed by atoms with E-state index in [0.29, 0.717) is 25.5 Å². The number of thiophene rings is 1. The predicted octanol–water partition coefficient (Wildman–Crippen LogP) is 2.86. The van der Waals surface area contributed by atoms with Crippen LogP contribution in [0.4, 0.5) is 0 Å². The number of aliphatic hydroxyl groups excluding tert-OH is 1. The first-order valence-corrected chi connectivity index (χ1v) is 9.96. The van der Waals surface area contributed by atoms with Crippen molar-refractivity contribution in [1.29, 1.82) is 0 Å². The van der Waals surface area contributed by atoms with E-state index in [0.717, 1.165) is 0 Å². The maximum atomic E-state index is 12.3. The second-order valence-electron chi connectivity index (χ2n) is 6.53. The monoisotopic (exact) mass is 444 g/mol. The first-order chi connectivity index (χ1) is 13.1. The molecule has 0 aliphatic heterocycles. The minimum absolute atomic E-state index is 0.0448. The molecule has 0 spiro atoms. The number of nitrogens with zero attached hydrogens (tertiary/aromatic N) is 1. The first kappa shape index (κ1) is 22.4. The van der Waals surface area contributed by atoms with Crippen molar-refractivity contribution in [1.82, 2.24) is 0 Å². The van der Waals surface area contributed by atoms with E-state index in [1.54, 1.807) is 18.2 Å². The van der Waals surface area contributed by atoms with Gasteiger partial charge in [0.2, 0.25) is 0 Å². The highest BCUT2D eigenvalue weighted by molar-refractivity contribution is 7.20. The molecule has 7 nitrogen and oxygen atoms in total. The highest BCUT2D eigenvalue weighted by atomic mass is 35.5. The highest BCUT2D eigenvalue weighted by Crippen LogP contribution is 2.39. The average Bonchev–Trinajstić information content (AvgIpc) is 2.96. The molecule has 1 aromatic heterocycles. The topological polar surface area (TPSA) is 137 Å². The number of benzene rings is 1. The highest BCUT2D eigenvalue weighted by Gasteiger charge is 2.20. The van der Waals surface area contributed by atoms with Crippen molar-refractivity contribution >= 4 is 46.4 Å². The largest absolute Gasteiger partial charge is 0.491 e. The Labute approximate surface area is 177 Å². The van der Waals surface area contributed by atoms with E-state index in [1.807, 2.05) is 13.8 Å². The van der Waals surface area contributed by atoms with Crippen molar-refractivity contribution < 1.29 is 14.6 Å². The third kappa shape index (κ3) is 5.83. The van der Waals surface area contributed by atoms with Gasteiger partial charge in [0.05, 0.1) is 4.34 Å². The number of hydrogen-bond donors (Lipinski definition) is 4. The third-order valence-corrected chi connectivity index (χ3v) is 5.47. The third-order valence-electron chi connectivity index (χ3n) is 3.99. The summed E-state index contributed by atoms with van der Waals surface area (Å²) in [5, 5.41) is 10.2. The van der Waals surface area contributed by atoms with Crippen LogP contribution in [-0.2, 0) is 0 Å². The lowest BCUT2D eigenvalue weighted by atomic mass is 10.0. The van der Waals surface area contributed by atoms with E-state index in [1.165, 1.54) is 17.4 Å². The lowest BCUT2D eigenvalue weighted by molar-refractivity contribution is 0.0715. The molecule has 1 amide bonds. The van der Waals surface area contributed by atoms with Gasteiger partial charge in [-0.05, 0) is 35.7 Å². The molecule has 2 aromatic rings. The van der Waals surface area contributed by atoms with Crippen molar-refractivity contribution in [3.63, 3.8) is 0 Å². The maximum absolute atomic E-state index is 12.3. The number of carbonyl (C=O) groups is 1. The van der Waals surface area contributed by atoms with Gasteiger partial charge in [0.25, 0.3) is 5.91 Å². The summed E-state index contributed by atoms with van der Waals surface area (Å²) in [6.45, 7) is 3.77. The summed E-state index contributed by atoms with van der Waals surface area (Å²) in [5.74, 6) is -0.577. The van der Waals surface area contributed by atoms with Crippen LogP contribution >= 0.6 is 34.5 Å². The van der Waals surface area contributed by atoms with E-state index in [4.69, 9.17) is 45.1 Å². The molecule has 2 rings (SSSR count). The Bertz CT molecular complexity index is 882. The van der Waals surface area contributed by atoms with Crippen molar-refractivity contribution in [2.45, 2.75) is 26.0 Å². The molecule has 0 aliphatic rings. The zero-order chi connectivity index (χ0) is 21.0. The van der Waals surface area contributed by atoms with Crippen LogP contribution in [0.3, 0.4) is 0 Å². The number of amides is 1. The molecule has 28 heavy (non-hydrogen) atoms. The SMILES string of the molecule is CC(C)C(N)C(O)COc1cc(C(=O)N=C(N)N)cc(-c2cc(Cl)sc2Cl)c1. The van der Waals surface area contributed by atoms with Crippen molar-refractivity contribution in [3.05, 3.63) is 38.5 Å². The normalized spacial score (nSPS) is 13.2. The van der Waals surface area contributed by atoms with Crippen LogP contribution in [0.25, 0.3) is 11.1 Å². The van der Waals surface area contributed by atoms with Crippen molar-refractivity contribution in [2.24, 2.45) is 28.1 Å². The molecule has 10 heteroatoms. The molecule has 1 aromatic carbocycles. The molecule has 1 heterocycles. The van der Waals surface area contributed by atoms with Gasteiger partial charge in [-0.1, -0.05) is 37.0 Å². The van der Waals surface area contributed by atoms with Crippen LogP contribution < -0.4 is 21.9 Å². The standard InChI is InChI=1S/C18H22Cl2N4O3S/c1-8(2)15(21)13(25)7-27-11-4-9(12-6-14(19)28-16(12)20)3-10(5-11)17(26)24-18(22)23/h3-6,8,13,15,25H,7,21H2,1-2H3,(H4,22,23,24,26). The summed E-state index contributed by atoms with van der Waals surface area (Å²) < 4.78 is 6.64. The minimum Gasteiger partial charge on any atom is -0.491 e. The Kier molecular flexibility index (Phi) is 7.68. The van der Waals surface area contributed by atoms with Gasteiger partial charge < -0.3 is 27.0 Å². The number of nitrogens with two attached hydrogens (primary N) is 3. The molecule has 7 N–H and O–H groups in total. The van der Waals surface area contributed by atoms with Crippen LogP contribution in [0.1, 0.15) is 24.2 Å². The molecule has 0 bridgehead atoms. The fourth-order valence-electron chi connectivity index (χ4n) is 2.42. The number of aliphatic imine (C=N–C) groups is 1. The van der Waals surface area contributed by atoms with E-state index in [9.17, 15) is 9.90 Å². The van der Waals surface area contributed by atoms with E-state index in [2.05, 4.69) is 4.99 Å². The van der Waals surface area contributed by atoms with Gasteiger partial charge in [0, 0.05) is 17.2 Å². The number of hydrogen-bond acceptors (Lipinski definition) is 5. The summed E-state index contributed by atoms with van der Waals surface area (Å²) in [7, 11) is 0. The van der Waals surface area contributed by atoms with Crippen LogP contribution in [0, 0.1) is 5.92 Å². The summed E-state index contributed by atoms with van der Waals surface area (Å²) in [5.41, 5.74) is 18.0. The van der Waals surface area contributed by atoms with Gasteiger partial charge >= 0.3 is 0 Å². The molecular weight excluding hydrogens is 423 g/mol. The molecule has 0 saturated heterocycles. The second-order valence-corrected chi connectivity index (χ2v) is 8.81. The molecule has 0 aliphatic carbocycles. The van der Waals surface area contributed by atoms with Crippen molar-refractivity contribution in [2.75, 3.05) is 6.61 Å². The van der Waals surface area contributed by atoms with Crippen molar-refractivity contribution in [3.8, 4) is 16.9 Å². The van der Waals surface area contributed by atoms with Gasteiger partial charge in [0.1, 0.15) is 22.8 Å². The van der Waals surface area contributed by atoms with Gasteiger partial charge in [-0.3, -0.25) is 4.79 Å². The van der Waals surface area contributed by atoms with Gasteiger partial charge in [0.15, 0.2) is 5.96 Å². The van der Waals surface area contributed by atoms with E-state index in [-0.39, 0.29) is 24.0 Å². The number of ether oxygens (including phenoxy) is 1. The minimum atomic E-state index is -0.875. The summed E-state index contributed by atoms with van der Waals surface area (Å²) in [6, 6.07) is 5.99. The first-order valence-electron chi connectivity index (χ1n) is 8.39. The zero-order valence-corrected chi connectivity index (χ0v) is 17.7. The molecule has 0 radical (unpaired) electrons. The van der Waals surface area contributed by atoms with Gasteiger partial charge in [-0.15, -0.1) is 11.3 Å². The molecule has 2 unspecified atom stereocenters. The van der Waals surface area contributed by atoms with Crippen LogP contribution in [0.2, 0.25) is 8.67 Å². The Morgan fingerprint density at radius 2 is 1.93 bits per heavy atom. The number of guanidine groups is 1. The number of aliphatic hydroxyl groups is 1. The smallest absolute Gasteiger partial charge is 0.280 e. The maximum Gasteiger partial charge on any atom is 0.280 e. The van der Waals surface area contributed by atoms with Gasteiger partial charge in [-0.2, -0.15) is 4.99 Å². The average molecular weight is 445 g/mol. The summed E-state index contributed by atoms with van der Waals surface area (Å²) >= 11 is 13.5. The van der Waals surface area contributed by atoms with Crippen LogP contribution in [0.5, 0.6) is 5.75 Å². The fraction of sp³-hybridized carbons (Fsp3) is 0.333. The molecule has 0 fully saturated rings. The predicted molar refractivity (Wildman–Crippen MR) is 114 cm³/mol. The van der Waals surface area contributed by atoms with Crippen LogP contribution in [-0.4, -0.2) is 35.7 Å². The Morgan fingerprint density at radius 3 is 2.46 bits per heavy atom. The fourth-order valence-corrected chi connectivity index (χ4v) is 3.92. The Hall–Kier alpha value is -1.84. The zero-order valence-electron chi connectivity index (χ0n) is 15.4. The number of rotatable bonds is 7. The summed E-state index contributed by atoms with van der Waals surface area (Å²) in [6.07, 6.45) is -0.875. The van der Waals surface area contributed by atoms with E-state index >= 15 is 0 Å². The quantitative estimate of drug-likeness (QED) is 0.382. The lowest BCUT2D eigenvalue weighted by Gasteiger charge is -2.22. The van der Waals surface area contributed by atoms with Crippen LogP contribution in [0.15, 0.2) is 29.3 Å². The summed E-state index contributed by atoms with van der Waals surface area (Å²) in [4.78, 5) is 15.8. The Balaban J connectivity index is 2.38. The number of halogens is 2. The molecular formula is C18H22Cl2N4O3S. The molecule has 152 valence electrons. The van der Waals surface area contributed by atoms with Gasteiger partial charge in [-0.25, -0.2) is 0 Å². The lowest BCUT2D eigenvalue weighted by Crippen LogP contribution is -2.42. The number of carbonyl (C=O) groups excluding carboxylic acids is 1. The molecule has 2 atom stereocenters.